The molecular weight excluding hydrogens is 338 g/mol. The average molecular weight is 363 g/mol. The highest BCUT2D eigenvalue weighted by molar-refractivity contribution is 5.92. The standard InChI is InChI=1S/C21H25N5O/c27-21(22-11-10-15-12-23-18-9-5-4-8-17(15)18)19-13-25-20(14-24-19)26-16-6-2-1-3-7-16/h4-5,8-9,12-14,16,23H,1-3,6-7,10-11H2,(H,22,27)(H,25,26). The molecule has 2 heterocycles. The molecule has 140 valence electrons. The first-order chi connectivity index (χ1) is 13.3. The predicted octanol–water partition coefficient (Wildman–Crippen LogP) is 3.68. The van der Waals surface area contributed by atoms with Crippen LogP contribution >= 0.6 is 0 Å². The summed E-state index contributed by atoms with van der Waals surface area (Å²) in [5, 5.41) is 7.54. The van der Waals surface area contributed by atoms with Gasteiger partial charge < -0.3 is 15.6 Å². The molecule has 27 heavy (non-hydrogen) atoms. The van der Waals surface area contributed by atoms with Gasteiger partial charge in [0, 0.05) is 29.7 Å². The maximum absolute atomic E-state index is 12.3. The minimum absolute atomic E-state index is 0.188. The second kappa shape index (κ2) is 8.20. The first-order valence-electron chi connectivity index (χ1n) is 9.71. The van der Waals surface area contributed by atoms with Crippen LogP contribution in [0.5, 0.6) is 0 Å². The fourth-order valence-corrected chi connectivity index (χ4v) is 3.72. The van der Waals surface area contributed by atoms with Crippen LogP contribution in [0.25, 0.3) is 10.9 Å². The Balaban J connectivity index is 1.29. The van der Waals surface area contributed by atoms with Gasteiger partial charge >= 0.3 is 0 Å². The van der Waals surface area contributed by atoms with Crippen LogP contribution in [0.3, 0.4) is 0 Å². The summed E-state index contributed by atoms with van der Waals surface area (Å²) in [5.41, 5.74) is 2.66. The van der Waals surface area contributed by atoms with Crippen molar-refractivity contribution in [1.82, 2.24) is 20.3 Å². The lowest BCUT2D eigenvalue weighted by Gasteiger charge is -2.23. The summed E-state index contributed by atoms with van der Waals surface area (Å²) >= 11 is 0. The number of anilines is 1. The van der Waals surface area contributed by atoms with E-state index in [4.69, 9.17) is 0 Å². The average Bonchev–Trinajstić information content (AvgIpc) is 3.12. The highest BCUT2D eigenvalue weighted by Crippen LogP contribution is 2.20. The molecule has 0 unspecified atom stereocenters. The Hall–Kier alpha value is -2.89. The van der Waals surface area contributed by atoms with Crippen molar-refractivity contribution in [3.63, 3.8) is 0 Å². The molecule has 4 rings (SSSR count). The Labute approximate surface area is 158 Å². The molecule has 3 N–H and O–H groups in total. The van der Waals surface area contributed by atoms with Crippen LogP contribution in [0.2, 0.25) is 0 Å². The minimum Gasteiger partial charge on any atom is -0.366 e. The van der Waals surface area contributed by atoms with Gasteiger partial charge in [-0.05, 0) is 30.9 Å². The topological polar surface area (TPSA) is 82.7 Å². The molecule has 2 aromatic heterocycles. The highest BCUT2D eigenvalue weighted by atomic mass is 16.1. The number of aromatic amines is 1. The SMILES string of the molecule is O=C(NCCc1c[nH]c2ccccc12)c1cnc(NC2CCCCC2)cn1. The minimum atomic E-state index is -0.188. The Morgan fingerprint density at radius 1 is 1.11 bits per heavy atom. The summed E-state index contributed by atoms with van der Waals surface area (Å²) in [4.78, 5) is 24.2. The van der Waals surface area contributed by atoms with Gasteiger partial charge in [-0.15, -0.1) is 0 Å². The Morgan fingerprint density at radius 3 is 2.78 bits per heavy atom. The van der Waals surface area contributed by atoms with Gasteiger partial charge in [0.25, 0.3) is 5.91 Å². The van der Waals surface area contributed by atoms with Gasteiger partial charge in [0.1, 0.15) is 11.5 Å². The van der Waals surface area contributed by atoms with Crippen LogP contribution < -0.4 is 10.6 Å². The third-order valence-electron chi connectivity index (χ3n) is 5.20. The smallest absolute Gasteiger partial charge is 0.271 e. The molecule has 1 saturated carbocycles. The highest BCUT2D eigenvalue weighted by Gasteiger charge is 2.14. The first kappa shape index (κ1) is 17.5. The van der Waals surface area contributed by atoms with Crippen molar-refractivity contribution in [3.8, 4) is 0 Å². The molecule has 0 saturated heterocycles. The van der Waals surface area contributed by atoms with Crippen molar-refractivity contribution in [2.24, 2.45) is 0 Å². The summed E-state index contributed by atoms with van der Waals surface area (Å²) in [6, 6.07) is 8.65. The van der Waals surface area contributed by atoms with Crippen LogP contribution in [0.15, 0.2) is 42.9 Å². The van der Waals surface area contributed by atoms with E-state index in [2.05, 4.69) is 37.7 Å². The largest absolute Gasteiger partial charge is 0.366 e. The van der Waals surface area contributed by atoms with Crippen LogP contribution in [0.1, 0.15) is 48.2 Å². The van der Waals surface area contributed by atoms with Gasteiger partial charge in [0.05, 0.1) is 12.4 Å². The molecular formula is C21H25N5O. The predicted molar refractivity (Wildman–Crippen MR) is 107 cm³/mol. The van der Waals surface area contributed by atoms with Crippen LogP contribution in [0, 0.1) is 0 Å². The zero-order valence-electron chi connectivity index (χ0n) is 15.4. The molecule has 1 amide bonds. The number of benzene rings is 1. The zero-order valence-corrected chi connectivity index (χ0v) is 15.4. The second-order valence-corrected chi connectivity index (χ2v) is 7.13. The molecule has 0 aliphatic heterocycles. The van der Waals surface area contributed by atoms with Gasteiger partial charge in [-0.3, -0.25) is 4.79 Å². The summed E-state index contributed by atoms with van der Waals surface area (Å²) < 4.78 is 0. The van der Waals surface area contributed by atoms with E-state index >= 15 is 0 Å². The van der Waals surface area contributed by atoms with Crippen LogP contribution in [-0.4, -0.2) is 33.4 Å². The molecule has 3 aromatic rings. The van der Waals surface area contributed by atoms with Crippen molar-refractivity contribution in [3.05, 3.63) is 54.1 Å². The quantitative estimate of drug-likeness (QED) is 0.624. The molecule has 6 heteroatoms. The van der Waals surface area contributed by atoms with Crippen molar-refractivity contribution in [2.75, 3.05) is 11.9 Å². The summed E-state index contributed by atoms with van der Waals surface area (Å²) in [7, 11) is 0. The van der Waals surface area contributed by atoms with E-state index in [0.717, 1.165) is 17.8 Å². The molecule has 0 atom stereocenters. The zero-order chi connectivity index (χ0) is 18.5. The number of carbonyl (C=O) groups is 1. The number of fused-ring (bicyclic) bond motifs is 1. The van der Waals surface area contributed by atoms with E-state index < -0.39 is 0 Å². The van der Waals surface area contributed by atoms with Gasteiger partial charge in [0.15, 0.2) is 0 Å². The molecule has 0 radical (unpaired) electrons. The number of nitrogens with one attached hydrogen (secondary N) is 3. The Kier molecular flexibility index (Phi) is 5.32. The van der Waals surface area contributed by atoms with E-state index in [1.807, 2.05) is 18.3 Å². The molecule has 1 aromatic carbocycles. The van der Waals surface area contributed by atoms with Gasteiger partial charge in [-0.2, -0.15) is 0 Å². The van der Waals surface area contributed by atoms with Crippen molar-refractivity contribution in [2.45, 2.75) is 44.6 Å². The first-order valence-corrected chi connectivity index (χ1v) is 9.71. The molecule has 0 bridgehead atoms. The molecule has 1 aliphatic rings. The van der Waals surface area contributed by atoms with Crippen molar-refractivity contribution in [1.29, 1.82) is 0 Å². The number of carbonyl (C=O) groups excluding carboxylic acids is 1. The summed E-state index contributed by atoms with van der Waals surface area (Å²) in [5.74, 6) is 0.559. The third-order valence-corrected chi connectivity index (χ3v) is 5.20. The van der Waals surface area contributed by atoms with E-state index in [-0.39, 0.29) is 5.91 Å². The fourth-order valence-electron chi connectivity index (χ4n) is 3.72. The van der Waals surface area contributed by atoms with E-state index in [9.17, 15) is 4.79 Å². The van der Waals surface area contributed by atoms with E-state index in [1.54, 1.807) is 12.4 Å². The van der Waals surface area contributed by atoms with Crippen molar-refractivity contribution >= 4 is 22.6 Å². The second-order valence-electron chi connectivity index (χ2n) is 7.13. The maximum atomic E-state index is 12.3. The van der Waals surface area contributed by atoms with Gasteiger partial charge in [-0.1, -0.05) is 37.5 Å². The Bertz CT molecular complexity index is 896. The number of H-pyrrole nitrogens is 1. The lowest BCUT2D eigenvalue weighted by molar-refractivity contribution is 0.0949. The van der Waals surface area contributed by atoms with E-state index in [1.165, 1.54) is 43.1 Å². The number of hydrogen-bond donors (Lipinski definition) is 3. The lowest BCUT2D eigenvalue weighted by atomic mass is 9.96. The summed E-state index contributed by atoms with van der Waals surface area (Å²) in [6.45, 7) is 0.560. The van der Waals surface area contributed by atoms with E-state index in [0.29, 0.717) is 18.3 Å². The lowest BCUT2D eigenvalue weighted by Crippen LogP contribution is -2.27. The molecule has 6 nitrogen and oxygen atoms in total. The molecule has 1 aliphatic carbocycles. The molecule has 1 fully saturated rings. The third kappa shape index (κ3) is 4.27. The number of para-hydroxylation sites is 1. The molecule has 0 spiro atoms. The number of nitrogens with zero attached hydrogens (tertiary/aromatic N) is 2. The number of hydrogen-bond acceptors (Lipinski definition) is 4. The number of rotatable bonds is 6. The maximum Gasteiger partial charge on any atom is 0.271 e. The van der Waals surface area contributed by atoms with Gasteiger partial charge in [0.2, 0.25) is 0 Å². The Morgan fingerprint density at radius 2 is 1.96 bits per heavy atom. The van der Waals surface area contributed by atoms with Crippen LogP contribution in [0.4, 0.5) is 5.82 Å². The number of aromatic nitrogens is 3. The van der Waals surface area contributed by atoms with Crippen molar-refractivity contribution < 1.29 is 4.79 Å². The fraction of sp³-hybridized carbons (Fsp3) is 0.381. The summed E-state index contributed by atoms with van der Waals surface area (Å²) in [6.07, 6.45) is 12.2. The number of amides is 1. The normalized spacial score (nSPS) is 15.0. The van der Waals surface area contributed by atoms with Gasteiger partial charge in [-0.25, -0.2) is 9.97 Å². The monoisotopic (exact) mass is 363 g/mol. The van der Waals surface area contributed by atoms with Crippen LogP contribution in [-0.2, 0) is 6.42 Å².